The zero-order chi connectivity index (χ0) is 24.2. The molecule has 0 unspecified atom stereocenters. The number of hydrogen-bond donors (Lipinski definition) is 1. The number of nitrogens with one attached hydrogen (secondary N) is 1. The van der Waals surface area contributed by atoms with E-state index in [4.69, 9.17) is 0 Å². The lowest BCUT2D eigenvalue weighted by Crippen LogP contribution is -2.47. The SMILES string of the molecule is Cc1ccc2c(N3CCN(CCc4cccc(NC(=O)c5ccccc5)c4F)CC3)cccc2n1. The van der Waals surface area contributed by atoms with Crippen molar-refractivity contribution in [1.82, 2.24) is 9.88 Å². The molecule has 1 aliphatic rings. The van der Waals surface area contributed by atoms with Gasteiger partial charge >= 0.3 is 0 Å². The Hall–Kier alpha value is -3.77. The smallest absolute Gasteiger partial charge is 0.255 e. The topological polar surface area (TPSA) is 48.5 Å². The van der Waals surface area contributed by atoms with Crippen LogP contribution in [0.5, 0.6) is 0 Å². The van der Waals surface area contributed by atoms with Gasteiger partial charge < -0.3 is 10.2 Å². The van der Waals surface area contributed by atoms with Crippen LogP contribution in [-0.2, 0) is 6.42 Å². The quantitative estimate of drug-likeness (QED) is 0.417. The fourth-order valence-electron chi connectivity index (χ4n) is 4.66. The number of carbonyl (C=O) groups excluding carboxylic acids is 1. The predicted octanol–water partition coefficient (Wildman–Crippen LogP) is 5.30. The molecule has 1 saturated heterocycles. The first-order valence-corrected chi connectivity index (χ1v) is 12.1. The number of piperazine rings is 1. The number of hydrogen-bond acceptors (Lipinski definition) is 4. The molecule has 178 valence electrons. The predicted molar refractivity (Wildman–Crippen MR) is 140 cm³/mol. The number of nitrogens with zero attached hydrogens (tertiary/aromatic N) is 3. The first kappa shape index (κ1) is 23.0. The van der Waals surface area contributed by atoms with E-state index in [9.17, 15) is 4.79 Å². The summed E-state index contributed by atoms with van der Waals surface area (Å²) in [4.78, 5) is 21.9. The Kier molecular flexibility index (Phi) is 6.73. The van der Waals surface area contributed by atoms with Gasteiger partial charge in [-0.25, -0.2) is 4.39 Å². The molecule has 1 fully saturated rings. The summed E-state index contributed by atoms with van der Waals surface area (Å²) in [6.45, 7) is 6.46. The Morgan fingerprint density at radius 2 is 1.69 bits per heavy atom. The molecule has 35 heavy (non-hydrogen) atoms. The lowest BCUT2D eigenvalue weighted by Gasteiger charge is -2.36. The van der Waals surface area contributed by atoms with Crippen LogP contribution in [0.1, 0.15) is 21.6 Å². The number of halogens is 1. The fourth-order valence-corrected chi connectivity index (χ4v) is 4.66. The van der Waals surface area contributed by atoms with E-state index in [-0.39, 0.29) is 17.4 Å². The summed E-state index contributed by atoms with van der Waals surface area (Å²) < 4.78 is 15.1. The Balaban J connectivity index is 1.19. The minimum atomic E-state index is -0.353. The monoisotopic (exact) mass is 468 g/mol. The van der Waals surface area contributed by atoms with E-state index < -0.39 is 0 Å². The molecule has 0 atom stereocenters. The van der Waals surface area contributed by atoms with Crippen molar-refractivity contribution < 1.29 is 9.18 Å². The molecule has 6 heteroatoms. The molecule has 0 radical (unpaired) electrons. The maximum atomic E-state index is 15.1. The van der Waals surface area contributed by atoms with E-state index in [0.717, 1.165) is 43.9 Å². The van der Waals surface area contributed by atoms with Crippen molar-refractivity contribution >= 4 is 28.2 Å². The van der Waals surface area contributed by atoms with Crippen molar-refractivity contribution in [2.24, 2.45) is 0 Å². The van der Waals surface area contributed by atoms with Gasteiger partial charge in [0.15, 0.2) is 0 Å². The van der Waals surface area contributed by atoms with Crippen LogP contribution >= 0.6 is 0 Å². The zero-order valence-corrected chi connectivity index (χ0v) is 19.9. The summed E-state index contributed by atoms with van der Waals surface area (Å²) in [6, 6.07) is 24.6. The Morgan fingerprint density at radius 3 is 2.49 bits per heavy atom. The van der Waals surface area contributed by atoms with Crippen LogP contribution in [0.4, 0.5) is 15.8 Å². The molecule has 1 amide bonds. The van der Waals surface area contributed by atoms with Crippen LogP contribution < -0.4 is 10.2 Å². The number of benzene rings is 3. The third-order valence-electron chi connectivity index (χ3n) is 6.62. The normalized spacial score (nSPS) is 14.3. The molecule has 0 aliphatic carbocycles. The summed E-state index contributed by atoms with van der Waals surface area (Å²) >= 11 is 0. The van der Waals surface area contributed by atoms with E-state index >= 15 is 4.39 Å². The summed E-state index contributed by atoms with van der Waals surface area (Å²) in [6.07, 6.45) is 0.596. The number of aryl methyl sites for hydroxylation is 1. The molecule has 1 N–H and O–H groups in total. The van der Waals surface area contributed by atoms with Gasteiger partial charge in [0.05, 0.1) is 11.2 Å². The van der Waals surface area contributed by atoms with Crippen molar-refractivity contribution in [3.8, 4) is 0 Å². The van der Waals surface area contributed by atoms with Crippen LogP contribution in [0.15, 0.2) is 78.9 Å². The number of fused-ring (bicyclic) bond motifs is 1. The molecule has 1 aromatic heterocycles. The highest BCUT2D eigenvalue weighted by Crippen LogP contribution is 2.27. The third-order valence-corrected chi connectivity index (χ3v) is 6.62. The average molecular weight is 469 g/mol. The van der Waals surface area contributed by atoms with Gasteiger partial charge in [0, 0.05) is 55.1 Å². The number of rotatable bonds is 6. The van der Waals surface area contributed by atoms with Crippen LogP contribution in [0.25, 0.3) is 10.9 Å². The van der Waals surface area contributed by atoms with E-state index in [1.165, 1.54) is 11.1 Å². The second-order valence-corrected chi connectivity index (χ2v) is 8.97. The zero-order valence-electron chi connectivity index (χ0n) is 19.9. The second-order valence-electron chi connectivity index (χ2n) is 8.97. The van der Waals surface area contributed by atoms with Crippen LogP contribution in [-0.4, -0.2) is 48.5 Å². The molecule has 5 rings (SSSR count). The maximum absolute atomic E-state index is 15.1. The van der Waals surface area contributed by atoms with E-state index in [1.54, 1.807) is 42.5 Å². The van der Waals surface area contributed by atoms with Gasteiger partial charge in [-0.3, -0.25) is 14.7 Å². The number of pyridine rings is 1. The largest absolute Gasteiger partial charge is 0.368 e. The van der Waals surface area contributed by atoms with Gasteiger partial charge in [-0.05, 0) is 61.4 Å². The Bertz CT molecular complexity index is 1330. The van der Waals surface area contributed by atoms with E-state index in [1.807, 2.05) is 13.0 Å². The lowest BCUT2D eigenvalue weighted by molar-refractivity contribution is 0.102. The molecule has 5 nitrogen and oxygen atoms in total. The molecule has 2 heterocycles. The number of anilines is 2. The van der Waals surface area contributed by atoms with E-state index in [0.29, 0.717) is 17.5 Å². The summed E-state index contributed by atoms with van der Waals surface area (Å²) in [7, 11) is 0. The van der Waals surface area contributed by atoms with Crippen molar-refractivity contribution in [2.75, 3.05) is 42.9 Å². The van der Waals surface area contributed by atoms with Crippen LogP contribution in [0, 0.1) is 12.7 Å². The standard InChI is InChI=1S/C29H29FN4O/c1-21-13-14-24-25(31-21)10-6-12-27(24)34-19-17-33(18-20-34)16-15-22-9-5-11-26(28(22)30)32-29(35)23-7-3-2-4-8-23/h2-14H,15-20H2,1H3,(H,32,35). The highest BCUT2D eigenvalue weighted by molar-refractivity contribution is 6.04. The number of aromatic nitrogens is 1. The van der Waals surface area contributed by atoms with Gasteiger partial charge in [0.2, 0.25) is 0 Å². The number of amides is 1. The maximum Gasteiger partial charge on any atom is 0.255 e. The molecule has 1 aliphatic heterocycles. The lowest BCUT2D eigenvalue weighted by atomic mass is 10.1. The van der Waals surface area contributed by atoms with Crippen LogP contribution in [0.3, 0.4) is 0 Å². The van der Waals surface area contributed by atoms with Crippen LogP contribution in [0.2, 0.25) is 0 Å². The van der Waals surface area contributed by atoms with Gasteiger partial charge in [-0.1, -0.05) is 36.4 Å². The minimum Gasteiger partial charge on any atom is -0.368 e. The molecule has 0 bridgehead atoms. The highest BCUT2D eigenvalue weighted by Gasteiger charge is 2.20. The molecular formula is C29H29FN4O. The first-order chi connectivity index (χ1) is 17.1. The summed E-state index contributed by atoms with van der Waals surface area (Å²) in [5.74, 6) is -0.662. The molecule has 0 saturated carbocycles. The van der Waals surface area contributed by atoms with Gasteiger partial charge in [0.25, 0.3) is 5.91 Å². The molecule has 3 aromatic carbocycles. The number of carbonyl (C=O) groups is 1. The van der Waals surface area contributed by atoms with Crippen molar-refractivity contribution in [3.05, 3.63) is 102 Å². The van der Waals surface area contributed by atoms with Gasteiger partial charge in [-0.15, -0.1) is 0 Å². The Labute approximate surface area is 205 Å². The fraction of sp³-hybridized carbons (Fsp3) is 0.241. The van der Waals surface area contributed by atoms with Crippen molar-refractivity contribution in [3.63, 3.8) is 0 Å². The Morgan fingerprint density at radius 1 is 0.914 bits per heavy atom. The minimum absolute atomic E-state index is 0.223. The summed E-state index contributed by atoms with van der Waals surface area (Å²) in [5.41, 5.74) is 4.62. The molecule has 0 spiro atoms. The first-order valence-electron chi connectivity index (χ1n) is 12.1. The van der Waals surface area contributed by atoms with Crippen molar-refractivity contribution in [1.29, 1.82) is 0 Å². The molecule has 4 aromatic rings. The molecular weight excluding hydrogens is 439 g/mol. The average Bonchev–Trinajstić information content (AvgIpc) is 2.89. The summed E-state index contributed by atoms with van der Waals surface area (Å²) in [5, 5.41) is 3.89. The van der Waals surface area contributed by atoms with Gasteiger partial charge in [-0.2, -0.15) is 0 Å². The van der Waals surface area contributed by atoms with Crippen molar-refractivity contribution in [2.45, 2.75) is 13.3 Å². The van der Waals surface area contributed by atoms with Gasteiger partial charge in [0.1, 0.15) is 5.82 Å². The third kappa shape index (κ3) is 5.17. The van der Waals surface area contributed by atoms with E-state index in [2.05, 4.69) is 50.4 Å². The highest BCUT2D eigenvalue weighted by atomic mass is 19.1. The second kappa shape index (κ2) is 10.2.